The van der Waals surface area contributed by atoms with Gasteiger partial charge in [0.05, 0.1) is 0 Å². The van der Waals surface area contributed by atoms with Crippen molar-refractivity contribution in [1.29, 1.82) is 0 Å². The number of hydrogen-bond acceptors (Lipinski definition) is 0. The van der Waals surface area contributed by atoms with E-state index in [2.05, 4.69) is 0 Å². The second kappa shape index (κ2) is 3.28. The molecule has 15 heavy (non-hydrogen) atoms. The standard InChI is InChI=1S/C7F7O/c8-2-1(7(12,13)14)3(9)5(11)6(15)4(2)10. The quantitative estimate of drug-likeness (QED) is 0.483. The SMILES string of the molecule is [O]c1c(F)c(F)c(C(F)(F)F)c(F)c1F. The summed E-state index contributed by atoms with van der Waals surface area (Å²) in [4.78, 5) is 0. The van der Waals surface area contributed by atoms with Crippen molar-refractivity contribution < 1.29 is 35.8 Å². The van der Waals surface area contributed by atoms with E-state index < -0.39 is 40.8 Å². The van der Waals surface area contributed by atoms with Gasteiger partial charge in [-0.1, -0.05) is 0 Å². The van der Waals surface area contributed by atoms with Crippen LogP contribution in [0.4, 0.5) is 30.7 Å². The molecule has 0 unspecified atom stereocenters. The highest BCUT2D eigenvalue weighted by Crippen LogP contribution is 2.38. The van der Waals surface area contributed by atoms with Gasteiger partial charge in [-0.15, -0.1) is 0 Å². The second-order valence-corrected chi connectivity index (χ2v) is 2.46. The molecule has 8 heteroatoms. The first-order chi connectivity index (χ1) is 6.68. The maximum atomic E-state index is 12.5. The Morgan fingerprint density at radius 3 is 1.33 bits per heavy atom. The molecule has 0 amide bonds. The Morgan fingerprint density at radius 1 is 0.733 bits per heavy atom. The van der Waals surface area contributed by atoms with Crippen molar-refractivity contribution in [1.82, 2.24) is 0 Å². The van der Waals surface area contributed by atoms with Gasteiger partial charge in [0.15, 0.2) is 11.6 Å². The van der Waals surface area contributed by atoms with Crippen LogP contribution in [0.2, 0.25) is 0 Å². The molecule has 1 aromatic rings. The van der Waals surface area contributed by atoms with Crippen LogP contribution in [0.15, 0.2) is 0 Å². The minimum absolute atomic E-state index is 2.38. The van der Waals surface area contributed by atoms with Crippen molar-refractivity contribution in [2.24, 2.45) is 0 Å². The van der Waals surface area contributed by atoms with E-state index in [0.717, 1.165) is 0 Å². The van der Waals surface area contributed by atoms with Crippen molar-refractivity contribution in [3.8, 4) is 5.75 Å². The molecular weight excluding hydrogens is 233 g/mol. The Hall–Kier alpha value is -1.47. The predicted molar refractivity (Wildman–Crippen MR) is 31.4 cm³/mol. The van der Waals surface area contributed by atoms with Crippen LogP contribution in [0.5, 0.6) is 5.75 Å². The lowest BCUT2D eigenvalue weighted by Gasteiger charge is -2.10. The molecule has 0 atom stereocenters. The minimum Gasteiger partial charge on any atom is -0.283 e. The molecule has 0 aliphatic rings. The summed E-state index contributed by atoms with van der Waals surface area (Å²) in [7, 11) is 0. The summed E-state index contributed by atoms with van der Waals surface area (Å²) >= 11 is 0. The molecule has 0 N–H and O–H groups in total. The highest BCUT2D eigenvalue weighted by atomic mass is 19.4. The van der Waals surface area contributed by atoms with Crippen LogP contribution >= 0.6 is 0 Å². The fourth-order valence-electron chi connectivity index (χ4n) is 0.860. The molecule has 0 bridgehead atoms. The van der Waals surface area contributed by atoms with Gasteiger partial charge in [-0.05, 0) is 0 Å². The smallest absolute Gasteiger partial charge is 0.283 e. The summed E-state index contributed by atoms with van der Waals surface area (Å²) in [6.45, 7) is 0. The van der Waals surface area contributed by atoms with E-state index in [1.54, 1.807) is 0 Å². The maximum Gasteiger partial charge on any atom is 0.422 e. The van der Waals surface area contributed by atoms with E-state index in [1.807, 2.05) is 0 Å². The summed E-state index contributed by atoms with van der Waals surface area (Å²) in [5, 5.41) is 10.3. The Balaban J connectivity index is 3.68. The predicted octanol–water partition coefficient (Wildman–Crippen LogP) is 3.41. The molecule has 1 nitrogen and oxygen atoms in total. The number of alkyl halides is 3. The van der Waals surface area contributed by atoms with Gasteiger partial charge in [0.2, 0.25) is 11.6 Å². The van der Waals surface area contributed by atoms with Gasteiger partial charge in [0.1, 0.15) is 5.56 Å². The van der Waals surface area contributed by atoms with Crippen LogP contribution < -0.4 is 0 Å². The van der Waals surface area contributed by atoms with Crippen LogP contribution in [0.3, 0.4) is 0 Å². The van der Waals surface area contributed by atoms with E-state index in [9.17, 15) is 35.8 Å². The molecular formula is C7F7O. The minimum atomic E-state index is -5.62. The van der Waals surface area contributed by atoms with Gasteiger partial charge in [0.25, 0.3) is 5.75 Å². The fourth-order valence-corrected chi connectivity index (χ4v) is 0.860. The molecule has 1 radical (unpaired) electrons. The summed E-state index contributed by atoms with van der Waals surface area (Å²) in [5.74, 6) is -13.1. The highest BCUT2D eigenvalue weighted by Gasteiger charge is 2.42. The first kappa shape index (κ1) is 11.6. The normalized spacial score (nSPS) is 11.9. The van der Waals surface area contributed by atoms with Crippen molar-refractivity contribution in [2.45, 2.75) is 6.18 Å². The highest BCUT2D eigenvalue weighted by molar-refractivity contribution is 5.34. The van der Waals surface area contributed by atoms with Crippen LogP contribution in [-0.2, 0) is 11.3 Å². The summed E-state index contributed by atoms with van der Waals surface area (Å²) < 4.78 is 85.4. The molecule has 0 spiro atoms. The number of benzene rings is 1. The largest absolute Gasteiger partial charge is 0.422 e. The first-order valence-electron chi connectivity index (χ1n) is 3.28. The van der Waals surface area contributed by atoms with Crippen molar-refractivity contribution in [3.63, 3.8) is 0 Å². The average molecular weight is 233 g/mol. The topological polar surface area (TPSA) is 19.9 Å². The summed E-state index contributed by atoms with van der Waals surface area (Å²) in [6, 6.07) is 0. The molecule has 1 aromatic carbocycles. The van der Waals surface area contributed by atoms with Crippen LogP contribution in [-0.4, -0.2) is 0 Å². The van der Waals surface area contributed by atoms with E-state index >= 15 is 0 Å². The number of rotatable bonds is 0. The van der Waals surface area contributed by atoms with Gasteiger partial charge in [-0.3, -0.25) is 5.11 Å². The van der Waals surface area contributed by atoms with Gasteiger partial charge < -0.3 is 0 Å². The van der Waals surface area contributed by atoms with E-state index in [4.69, 9.17) is 0 Å². The van der Waals surface area contributed by atoms with Gasteiger partial charge in [0, 0.05) is 0 Å². The summed E-state index contributed by atoms with van der Waals surface area (Å²) in [5.41, 5.74) is -2.75. The fraction of sp³-hybridized carbons (Fsp3) is 0.143. The molecule has 0 aliphatic heterocycles. The molecule has 83 valence electrons. The molecule has 0 saturated carbocycles. The van der Waals surface area contributed by atoms with Crippen molar-refractivity contribution >= 4 is 0 Å². The zero-order chi connectivity index (χ0) is 12.0. The Morgan fingerprint density at radius 2 is 1.07 bits per heavy atom. The lowest BCUT2D eigenvalue weighted by molar-refractivity contribution is -0.143. The van der Waals surface area contributed by atoms with E-state index in [-0.39, 0.29) is 0 Å². The third-order valence-corrected chi connectivity index (χ3v) is 1.51. The van der Waals surface area contributed by atoms with Crippen molar-refractivity contribution in [3.05, 3.63) is 28.8 Å². The average Bonchev–Trinajstić information content (AvgIpc) is 2.09. The van der Waals surface area contributed by atoms with Crippen LogP contribution in [0.25, 0.3) is 0 Å². The molecule has 0 fully saturated rings. The summed E-state index contributed by atoms with van der Waals surface area (Å²) in [6.07, 6.45) is -5.62. The maximum absolute atomic E-state index is 12.5. The lowest BCUT2D eigenvalue weighted by atomic mass is 10.1. The van der Waals surface area contributed by atoms with Gasteiger partial charge in [-0.2, -0.15) is 22.0 Å². The van der Waals surface area contributed by atoms with Gasteiger partial charge in [-0.25, -0.2) is 8.78 Å². The molecule has 1 rings (SSSR count). The third kappa shape index (κ3) is 1.71. The monoisotopic (exact) mass is 233 g/mol. The zero-order valence-electron chi connectivity index (χ0n) is 6.55. The second-order valence-electron chi connectivity index (χ2n) is 2.46. The molecule has 0 saturated heterocycles. The van der Waals surface area contributed by atoms with E-state index in [1.165, 1.54) is 0 Å². The Labute approximate surface area is 77.7 Å². The molecule has 0 heterocycles. The lowest BCUT2D eigenvalue weighted by Crippen LogP contribution is -2.14. The third-order valence-electron chi connectivity index (χ3n) is 1.51. The molecule has 0 aliphatic carbocycles. The number of halogens is 7. The van der Waals surface area contributed by atoms with Crippen LogP contribution in [0.1, 0.15) is 5.56 Å². The first-order valence-corrected chi connectivity index (χ1v) is 3.28. The Bertz CT molecular complexity index is 380. The van der Waals surface area contributed by atoms with Crippen LogP contribution in [0, 0.1) is 23.3 Å². The number of hydrogen-bond donors (Lipinski definition) is 0. The van der Waals surface area contributed by atoms with E-state index in [0.29, 0.717) is 0 Å². The van der Waals surface area contributed by atoms with Crippen molar-refractivity contribution in [2.75, 3.05) is 0 Å². The Kier molecular flexibility index (Phi) is 2.54. The van der Waals surface area contributed by atoms with Gasteiger partial charge >= 0.3 is 6.18 Å². The zero-order valence-corrected chi connectivity index (χ0v) is 6.55. The molecule has 0 aromatic heterocycles.